The Balaban J connectivity index is 1.20. The molecule has 10 atom stereocenters. The smallest absolute Gasteiger partial charge is 0.347 e. The van der Waals surface area contributed by atoms with E-state index in [9.17, 15) is 19.5 Å². The molecule has 2 bridgehead atoms. The number of benzene rings is 3. The summed E-state index contributed by atoms with van der Waals surface area (Å²) in [6.07, 6.45) is 6.39. The highest BCUT2D eigenvalue weighted by Crippen LogP contribution is 2.80. The quantitative estimate of drug-likeness (QED) is 0.0569. The third-order valence-corrected chi connectivity index (χ3v) is 18.5. The average molecular weight is 966 g/mol. The number of aliphatic hydroxyl groups is 1. The van der Waals surface area contributed by atoms with Crippen molar-refractivity contribution in [2.45, 2.75) is 109 Å². The average Bonchev–Trinajstić information content (AvgIpc) is 3.56. The molecular weight excluding hydrogens is 908 g/mol. The van der Waals surface area contributed by atoms with Crippen LogP contribution < -0.4 is 9.64 Å². The summed E-state index contributed by atoms with van der Waals surface area (Å²) in [5, 5.41) is 13.8. The van der Waals surface area contributed by atoms with Gasteiger partial charge in [0.25, 0.3) is 5.60 Å². The molecule has 2 N–H and O–H groups in total. The number of nitrogens with one attached hydrogen (secondary N) is 1. The minimum absolute atomic E-state index is 0.179. The largest absolute Gasteiger partial charge is 0.496 e. The standard InChI is InChI=1S/C52H57ClN4O10S/c1-7-47(62)25-31-26-49(45(60)64-5,42-33(16-20-55(27-31)28-47)34-22-32(14-15-38(34)54-42)68-41-13-10-9-12-37(41)53)36-23-35-39(24-40(36)63-4)57(29-58)52-50(35)18-21-56-19-11-17-48(8-2,43(50)56)44(66-30(3)59)51(52,67-52)46(61)65-6/h9-15,17,22-24,29,31,43-44,54,62H,7-8,16,18-21,25-28H2,1-6H3/t31-,43+,44-,47+,48-,49+,50-,51+,52+/m1/s1. The lowest BCUT2D eigenvalue weighted by Gasteiger charge is -2.58. The van der Waals surface area contributed by atoms with Crippen LogP contribution in [0.25, 0.3) is 10.9 Å². The predicted octanol–water partition coefficient (Wildman–Crippen LogP) is 6.69. The van der Waals surface area contributed by atoms with E-state index in [4.69, 9.17) is 35.3 Å². The molecule has 3 saturated heterocycles. The van der Waals surface area contributed by atoms with Crippen LogP contribution in [0.2, 0.25) is 5.02 Å². The number of aromatic nitrogens is 1. The molecule has 7 aliphatic rings. The van der Waals surface area contributed by atoms with E-state index in [0.29, 0.717) is 105 Å². The normalized spacial score (nSPS) is 35.1. The van der Waals surface area contributed by atoms with E-state index in [2.05, 4.69) is 33.0 Å². The number of methoxy groups -OCH3 is 3. The van der Waals surface area contributed by atoms with E-state index in [1.807, 2.05) is 56.3 Å². The number of piperidine rings is 1. The molecule has 2 spiro atoms. The molecule has 3 aromatic carbocycles. The van der Waals surface area contributed by atoms with Crippen molar-refractivity contribution in [3.05, 3.63) is 94.2 Å². The molecule has 1 unspecified atom stereocenters. The molecule has 68 heavy (non-hydrogen) atoms. The number of H-pyrrole nitrogens is 1. The number of hydrogen-bond donors (Lipinski definition) is 2. The van der Waals surface area contributed by atoms with Gasteiger partial charge < -0.3 is 33.8 Å². The second-order valence-electron chi connectivity index (χ2n) is 19.9. The highest BCUT2D eigenvalue weighted by Gasteiger charge is 2.99. The van der Waals surface area contributed by atoms with Crippen LogP contribution in [0.3, 0.4) is 0 Å². The van der Waals surface area contributed by atoms with Crippen LogP contribution in [0.15, 0.2) is 76.5 Å². The van der Waals surface area contributed by atoms with Crippen molar-refractivity contribution in [3.8, 4) is 5.75 Å². The molecule has 11 rings (SSSR count). The lowest BCUT2D eigenvalue weighted by atomic mass is 9.49. The Morgan fingerprint density at radius 1 is 1.00 bits per heavy atom. The second kappa shape index (κ2) is 15.8. The van der Waals surface area contributed by atoms with Gasteiger partial charge in [0, 0.05) is 82.6 Å². The first kappa shape index (κ1) is 45.5. The van der Waals surface area contributed by atoms with Crippen LogP contribution in [0.5, 0.6) is 5.75 Å². The molecule has 0 radical (unpaired) electrons. The zero-order valence-electron chi connectivity index (χ0n) is 39.2. The number of hydrogen-bond acceptors (Lipinski definition) is 13. The van der Waals surface area contributed by atoms with Crippen LogP contribution in [-0.4, -0.2) is 127 Å². The van der Waals surface area contributed by atoms with E-state index < -0.39 is 63.2 Å². The Kier molecular flexibility index (Phi) is 10.6. The summed E-state index contributed by atoms with van der Waals surface area (Å²) < 4.78 is 31.4. The molecule has 1 aromatic heterocycles. The van der Waals surface area contributed by atoms with E-state index in [1.54, 1.807) is 24.9 Å². The van der Waals surface area contributed by atoms with Crippen LogP contribution in [0, 0.1) is 11.3 Å². The number of esters is 3. The van der Waals surface area contributed by atoms with Gasteiger partial charge in [-0.2, -0.15) is 0 Å². The minimum atomic E-state index is -1.91. The van der Waals surface area contributed by atoms with Gasteiger partial charge in [0.05, 0.1) is 43.1 Å². The molecule has 6 aliphatic heterocycles. The number of carbonyl (C=O) groups excluding carboxylic acids is 4. The number of rotatable bonds is 10. The van der Waals surface area contributed by atoms with E-state index in [0.717, 1.165) is 26.3 Å². The highest BCUT2D eigenvalue weighted by molar-refractivity contribution is 7.99. The van der Waals surface area contributed by atoms with Crippen molar-refractivity contribution in [1.82, 2.24) is 14.8 Å². The van der Waals surface area contributed by atoms with Crippen LogP contribution >= 0.6 is 23.4 Å². The Hall–Kier alpha value is -4.90. The number of amides is 1. The van der Waals surface area contributed by atoms with Gasteiger partial charge in [0.1, 0.15) is 11.2 Å². The number of aromatic amines is 1. The lowest BCUT2D eigenvalue weighted by Crippen LogP contribution is -2.75. The number of fused-ring (bicyclic) bond motifs is 6. The number of halogens is 1. The van der Waals surface area contributed by atoms with Gasteiger partial charge in [-0.25, -0.2) is 4.79 Å². The van der Waals surface area contributed by atoms with Gasteiger partial charge in [-0.05, 0) is 98.5 Å². The van der Waals surface area contributed by atoms with Crippen LogP contribution in [0.1, 0.15) is 75.3 Å². The Morgan fingerprint density at radius 3 is 2.50 bits per heavy atom. The minimum Gasteiger partial charge on any atom is -0.496 e. The second-order valence-corrected chi connectivity index (χ2v) is 21.5. The van der Waals surface area contributed by atoms with Gasteiger partial charge in [-0.1, -0.05) is 61.5 Å². The first-order chi connectivity index (χ1) is 32.7. The summed E-state index contributed by atoms with van der Waals surface area (Å²) in [4.78, 5) is 69.4. The fourth-order valence-electron chi connectivity index (χ4n) is 14.5. The maximum atomic E-state index is 15.7. The zero-order chi connectivity index (χ0) is 47.8. The first-order valence-corrected chi connectivity index (χ1v) is 24.9. The number of ether oxygens (including phenoxy) is 5. The van der Waals surface area contributed by atoms with E-state index in [-0.39, 0.29) is 12.3 Å². The molecule has 1 saturated carbocycles. The van der Waals surface area contributed by atoms with Crippen molar-refractivity contribution in [2.24, 2.45) is 11.3 Å². The molecule has 7 heterocycles. The van der Waals surface area contributed by atoms with Gasteiger partial charge in [0.2, 0.25) is 12.1 Å². The first-order valence-electron chi connectivity index (χ1n) is 23.7. The van der Waals surface area contributed by atoms with Gasteiger partial charge in [-0.15, -0.1) is 0 Å². The van der Waals surface area contributed by atoms with Gasteiger partial charge in [-0.3, -0.25) is 29.1 Å². The Labute approximate surface area is 404 Å². The molecule has 358 valence electrons. The van der Waals surface area contributed by atoms with Crippen molar-refractivity contribution >= 4 is 64.3 Å². The van der Waals surface area contributed by atoms with Crippen molar-refractivity contribution in [3.63, 3.8) is 0 Å². The maximum Gasteiger partial charge on any atom is 0.347 e. The predicted molar refractivity (Wildman–Crippen MR) is 254 cm³/mol. The third kappa shape index (κ3) is 5.74. The maximum absolute atomic E-state index is 15.7. The number of carbonyl (C=O) groups is 4. The van der Waals surface area contributed by atoms with Crippen molar-refractivity contribution < 1.29 is 48.0 Å². The number of epoxide rings is 1. The Morgan fingerprint density at radius 2 is 1.79 bits per heavy atom. The third-order valence-electron chi connectivity index (χ3n) is 17.0. The van der Waals surface area contributed by atoms with Crippen LogP contribution in [-0.2, 0) is 55.4 Å². The van der Waals surface area contributed by atoms with E-state index in [1.165, 1.54) is 26.0 Å². The summed E-state index contributed by atoms with van der Waals surface area (Å²) in [5.74, 6) is -1.70. The summed E-state index contributed by atoms with van der Waals surface area (Å²) in [6, 6.07) is 17.4. The van der Waals surface area contributed by atoms with Crippen LogP contribution in [0.4, 0.5) is 5.69 Å². The molecule has 4 aromatic rings. The number of anilines is 1. The van der Waals surface area contributed by atoms with Crippen molar-refractivity contribution in [1.29, 1.82) is 0 Å². The molecule has 14 nitrogen and oxygen atoms in total. The summed E-state index contributed by atoms with van der Waals surface area (Å²) >= 11 is 8.23. The Bertz CT molecular complexity index is 2840. The lowest BCUT2D eigenvalue weighted by molar-refractivity contribution is -0.178. The summed E-state index contributed by atoms with van der Waals surface area (Å²) in [5.41, 5.74) is -4.06. The summed E-state index contributed by atoms with van der Waals surface area (Å²) in [7, 11) is 4.24. The monoisotopic (exact) mass is 964 g/mol. The molecular formula is C52H57ClN4O10S. The molecule has 1 aliphatic carbocycles. The molecule has 16 heteroatoms. The highest BCUT2D eigenvalue weighted by atomic mass is 35.5. The van der Waals surface area contributed by atoms with Crippen molar-refractivity contribution in [2.75, 3.05) is 59.0 Å². The SMILES string of the molecule is CC[C@]1(O)C[C@H]2CN(CCc3c([nH]c4ccc(Sc5ccccc5Cl)cc34)[C@@](C(=O)OC)(c3cc4c(cc3OC)N(C=O)[C@@]35O[C@]3(C(=O)OC)[C@H](OC(C)=O)[C@]3(CC)C=CCN6CC[C@]45[C@@H]63)C2)C1. The fourth-order valence-corrected chi connectivity index (χ4v) is 15.6. The van der Waals surface area contributed by atoms with E-state index >= 15 is 4.79 Å². The van der Waals surface area contributed by atoms with Gasteiger partial charge in [0.15, 0.2) is 6.10 Å². The number of nitrogens with zero attached hydrogens (tertiary/aromatic N) is 3. The summed E-state index contributed by atoms with van der Waals surface area (Å²) in [6.45, 7) is 8.30. The molecule has 1 amide bonds. The zero-order valence-corrected chi connectivity index (χ0v) is 40.8. The van der Waals surface area contributed by atoms with Gasteiger partial charge >= 0.3 is 17.9 Å². The fraction of sp³-hybridized carbons (Fsp3) is 0.500. The molecule has 4 fully saturated rings. The topological polar surface area (TPSA) is 163 Å².